The van der Waals surface area contributed by atoms with E-state index in [-0.39, 0.29) is 11.8 Å². The van der Waals surface area contributed by atoms with E-state index < -0.39 is 0 Å². The van der Waals surface area contributed by atoms with Gasteiger partial charge < -0.3 is 14.5 Å². The Hall–Kier alpha value is -3.71. The number of carbonyl (C=O) groups excluding carboxylic acids is 2. The maximum absolute atomic E-state index is 13.4. The third kappa shape index (κ3) is 5.26. The lowest BCUT2D eigenvalue weighted by atomic mass is 10.0. The van der Waals surface area contributed by atoms with Crippen LogP contribution in [0.15, 0.2) is 72.8 Å². The number of rotatable bonds is 5. The number of carbonyl (C=O) groups is 2. The summed E-state index contributed by atoms with van der Waals surface area (Å²) < 4.78 is 5.39. The standard InChI is InChI=1S/C29H32N4O3/c1-36-27-21-24(20-26(30-27)22-8-4-2-5-9-22)29(35)33-18-16-31(17-19-33)25-12-14-32(15-13-25)28(34)23-10-6-3-7-11-23/h2-11,20-21,25H,12-19H2,1H3. The zero-order chi connectivity index (χ0) is 24.9. The lowest BCUT2D eigenvalue weighted by molar-refractivity contribution is 0.0412. The van der Waals surface area contributed by atoms with Crippen LogP contribution >= 0.6 is 0 Å². The van der Waals surface area contributed by atoms with Gasteiger partial charge in [-0.25, -0.2) is 4.98 Å². The molecule has 5 rings (SSSR count). The van der Waals surface area contributed by atoms with Gasteiger partial charge in [-0.2, -0.15) is 0 Å². The fourth-order valence-corrected chi connectivity index (χ4v) is 5.16. The van der Waals surface area contributed by atoms with E-state index in [4.69, 9.17) is 4.74 Å². The van der Waals surface area contributed by atoms with Gasteiger partial charge in [-0.3, -0.25) is 14.5 Å². The number of aromatic nitrogens is 1. The highest BCUT2D eigenvalue weighted by molar-refractivity contribution is 5.96. The third-order valence-electron chi connectivity index (χ3n) is 7.22. The third-order valence-corrected chi connectivity index (χ3v) is 7.22. The molecule has 1 aromatic heterocycles. The Bertz CT molecular complexity index is 1190. The molecule has 0 bridgehead atoms. The molecule has 7 heteroatoms. The summed E-state index contributed by atoms with van der Waals surface area (Å²) in [7, 11) is 1.57. The van der Waals surface area contributed by atoms with Crippen molar-refractivity contribution < 1.29 is 14.3 Å². The number of pyridine rings is 1. The highest BCUT2D eigenvalue weighted by Gasteiger charge is 2.31. The minimum atomic E-state index is 0.0100. The average Bonchev–Trinajstić information content (AvgIpc) is 2.97. The molecule has 0 N–H and O–H groups in total. The van der Waals surface area contributed by atoms with Crippen molar-refractivity contribution in [2.75, 3.05) is 46.4 Å². The molecule has 2 amide bonds. The first-order valence-electron chi connectivity index (χ1n) is 12.6. The lowest BCUT2D eigenvalue weighted by Crippen LogP contribution is -2.54. The number of amides is 2. The lowest BCUT2D eigenvalue weighted by Gasteiger charge is -2.42. The number of piperazine rings is 1. The van der Waals surface area contributed by atoms with E-state index in [1.807, 2.05) is 76.5 Å². The fourth-order valence-electron chi connectivity index (χ4n) is 5.16. The molecule has 0 atom stereocenters. The molecule has 2 aliphatic heterocycles. The molecular weight excluding hydrogens is 452 g/mol. The molecule has 7 nitrogen and oxygen atoms in total. The monoisotopic (exact) mass is 484 g/mol. The Balaban J connectivity index is 1.17. The molecular formula is C29H32N4O3. The molecule has 3 heterocycles. The van der Waals surface area contributed by atoms with Crippen molar-refractivity contribution in [2.45, 2.75) is 18.9 Å². The number of hydrogen-bond donors (Lipinski definition) is 0. The summed E-state index contributed by atoms with van der Waals surface area (Å²) in [5.41, 5.74) is 3.04. The summed E-state index contributed by atoms with van der Waals surface area (Å²) in [5, 5.41) is 0. The summed E-state index contributed by atoms with van der Waals surface area (Å²) in [5.74, 6) is 0.568. The van der Waals surface area contributed by atoms with Crippen molar-refractivity contribution >= 4 is 11.8 Å². The van der Waals surface area contributed by atoms with Gasteiger partial charge in [-0.15, -0.1) is 0 Å². The summed E-state index contributed by atoms with van der Waals surface area (Å²) >= 11 is 0. The molecule has 2 aliphatic rings. The molecule has 0 saturated carbocycles. The topological polar surface area (TPSA) is 66.0 Å². The van der Waals surface area contributed by atoms with Gasteiger partial charge in [0.25, 0.3) is 11.8 Å². The molecule has 2 fully saturated rings. The molecule has 3 aromatic rings. The molecule has 0 spiro atoms. The summed E-state index contributed by atoms with van der Waals surface area (Å²) in [6, 6.07) is 23.4. The van der Waals surface area contributed by atoms with Crippen LogP contribution in [-0.2, 0) is 0 Å². The van der Waals surface area contributed by atoms with Gasteiger partial charge in [-0.1, -0.05) is 48.5 Å². The van der Waals surface area contributed by atoms with Crippen molar-refractivity contribution in [3.05, 3.63) is 83.9 Å². The molecule has 0 aliphatic carbocycles. The highest BCUT2D eigenvalue weighted by Crippen LogP contribution is 2.24. The zero-order valence-electron chi connectivity index (χ0n) is 20.7. The number of likely N-dealkylation sites (tertiary alicyclic amines) is 1. The number of hydrogen-bond acceptors (Lipinski definition) is 5. The van der Waals surface area contributed by atoms with Crippen LogP contribution in [0.2, 0.25) is 0 Å². The van der Waals surface area contributed by atoms with E-state index in [1.165, 1.54) is 0 Å². The second kappa shape index (κ2) is 10.9. The van der Waals surface area contributed by atoms with Gasteiger partial charge in [0.15, 0.2) is 0 Å². The second-order valence-electron chi connectivity index (χ2n) is 9.37. The van der Waals surface area contributed by atoms with Crippen LogP contribution in [0.25, 0.3) is 11.3 Å². The smallest absolute Gasteiger partial charge is 0.254 e. The number of methoxy groups -OCH3 is 1. The number of ether oxygens (including phenoxy) is 1. The molecule has 36 heavy (non-hydrogen) atoms. The molecule has 186 valence electrons. The van der Waals surface area contributed by atoms with E-state index in [0.29, 0.717) is 30.6 Å². The molecule has 2 saturated heterocycles. The van der Waals surface area contributed by atoms with Gasteiger partial charge in [0.05, 0.1) is 12.8 Å². The van der Waals surface area contributed by atoms with Crippen LogP contribution in [0, 0.1) is 0 Å². The minimum absolute atomic E-state index is 0.0100. The van der Waals surface area contributed by atoms with Gasteiger partial charge in [-0.05, 0) is 31.0 Å². The van der Waals surface area contributed by atoms with Crippen molar-refractivity contribution in [3.8, 4) is 17.1 Å². The van der Waals surface area contributed by atoms with Crippen LogP contribution < -0.4 is 4.74 Å². The van der Waals surface area contributed by atoms with Crippen molar-refractivity contribution in [1.82, 2.24) is 19.7 Å². The van der Waals surface area contributed by atoms with Gasteiger partial charge in [0.2, 0.25) is 5.88 Å². The molecule has 0 unspecified atom stereocenters. The van der Waals surface area contributed by atoms with Crippen LogP contribution in [-0.4, -0.2) is 83.9 Å². The van der Waals surface area contributed by atoms with E-state index >= 15 is 0 Å². The average molecular weight is 485 g/mol. The Morgan fingerprint density at radius 2 is 1.33 bits per heavy atom. The minimum Gasteiger partial charge on any atom is -0.481 e. The Kier molecular flexibility index (Phi) is 7.28. The Labute approximate surface area is 212 Å². The van der Waals surface area contributed by atoms with Gasteiger partial charge >= 0.3 is 0 Å². The first kappa shape index (κ1) is 24.0. The van der Waals surface area contributed by atoms with E-state index in [1.54, 1.807) is 13.2 Å². The maximum atomic E-state index is 13.4. The predicted molar refractivity (Wildman–Crippen MR) is 139 cm³/mol. The zero-order valence-corrected chi connectivity index (χ0v) is 20.7. The van der Waals surface area contributed by atoms with Crippen molar-refractivity contribution in [3.63, 3.8) is 0 Å². The second-order valence-corrected chi connectivity index (χ2v) is 9.37. The fraction of sp³-hybridized carbons (Fsp3) is 0.345. The van der Waals surface area contributed by atoms with Gasteiger partial charge in [0.1, 0.15) is 0 Å². The van der Waals surface area contributed by atoms with E-state index in [2.05, 4.69) is 9.88 Å². The van der Waals surface area contributed by atoms with Crippen molar-refractivity contribution in [1.29, 1.82) is 0 Å². The normalized spacial score (nSPS) is 17.1. The molecule has 0 radical (unpaired) electrons. The maximum Gasteiger partial charge on any atom is 0.254 e. The SMILES string of the molecule is COc1cc(C(=O)N2CCN(C3CCN(C(=O)c4ccccc4)CC3)CC2)cc(-c2ccccc2)n1. The molecule has 2 aromatic carbocycles. The number of benzene rings is 2. The summed E-state index contributed by atoms with van der Waals surface area (Å²) in [6.07, 6.45) is 1.93. The Morgan fingerprint density at radius 3 is 1.97 bits per heavy atom. The quantitative estimate of drug-likeness (QED) is 0.551. The number of nitrogens with zero attached hydrogens (tertiary/aromatic N) is 4. The van der Waals surface area contributed by atoms with Crippen LogP contribution in [0.3, 0.4) is 0 Å². The summed E-state index contributed by atoms with van der Waals surface area (Å²) in [4.78, 5) is 37.0. The van der Waals surface area contributed by atoms with Crippen molar-refractivity contribution in [2.24, 2.45) is 0 Å². The summed E-state index contributed by atoms with van der Waals surface area (Å²) in [6.45, 7) is 4.61. The van der Waals surface area contributed by atoms with Gasteiger partial charge in [0, 0.05) is 68.1 Å². The first-order valence-corrected chi connectivity index (χ1v) is 12.6. The highest BCUT2D eigenvalue weighted by atomic mass is 16.5. The van der Waals surface area contributed by atoms with E-state index in [0.717, 1.165) is 55.8 Å². The predicted octanol–water partition coefficient (Wildman–Crippen LogP) is 3.82. The Morgan fingerprint density at radius 1 is 0.750 bits per heavy atom. The first-order chi connectivity index (χ1) is 17.6. The van der Waals surface area contributed by atoms with Crippen LogP contribution in [0.1, 0.15) is 33.6 Å². The van der Waals surface area contributed by atoms with Crippen LogP contribution in [0.5, 0.6) is 5.88 Å². The number of piperidine rings is 1. The van der Waals surface area contributed by atoms with E-state index in [9.17, 15) is 9.59 Å². The largest absolute Gasteiger partial charge is 0.481 e. The van der Waals surface area contributed by atoms with Crippen LogP contribution in [0.4, 0.5) is 0 Å².